The van der Waals surface area contributed by atoms with Gasteiger partial charge in [-0.1, -0.05) is 30.7 Å². The van der Waals surface area contributed by atoms with E-state index < -0.39 is 15.6 Å². The normalized spacial score (nSPS) is 29.8. The van der Waals surface area contributed by atoms with Crippen LogP contribution in [0, 0.1) is 24.2 Å². The first kappa shape index (κ1) is 29.4. The van der Waals surface area contributed by atoms with Gasteiger partial charge < -0.3 is 14.2 Å². The molecule has 0 spiro atoms. The second kappa shape index (κ2) is 11.7. The summed E-state index contributed by atoms with van der Waals surface area (Å²) in [4.78, 5) is 0.163. The molecule has 218 valence electrons. The Labute approximate surface area is 244 Å². The zero-order chi connectivity index (χ0) is 28.5. The summed E-state index contributed by atoms with van der Waals surface area (Å²) in [6.45, 7) is 4.60. The van der Waals surface area contributed by atoms with E-state index in [9.17, 15) is 8.42 Å². The largest absolute Gasteiger partial charge is 0.497 e. The Morgan fingerprint density at radius 1 is 1.07 bits per heavy atom. The summed E-state index contributed by atoms with van der Waals surface area (Å²) in [5, 5.41) is 0. The van der Waals surface area contributed by atoms with Gasteiger partial charge in [0.15, 0.2) is 0 Å². The Bertz CT molecular complexity index is 1340. The number of fused-ring (bicyclic) bond motifs is 5. The second-order valence-electron chi connectivity index (χ2n) is 12.0. The first-order valence-electron chi connectivity index (χ1n) is 14.5. The van der Waals surface area contributed by atoms with Crippen molar-refractivity contribution in [3.63, 3.8) is 0 Å². The predicted octanol–water partition coefficient (Wildman–Crippen LogP) is 7.07. The molecule has 6 nitrogen and oxygen atoms in total. The molecule has 5 atom stereocenters. The smallest absolute Gasteiger partial charge is 0.285 e. The fourth-order valence-corrected chi connectivity index (χ4v) is 9.05. The Kier molecular flexibility index (Phi) is 8.57. The first-order chi connectivity index (χ1) is 19.2. The van der Waals surface area contributed by atoms with Crippen molar-refractivity contribution >= 4 is 27.5 Å². The molecule has 8 heteroatoms. The fraction of sp³-hybridized carbons (Fsp3) is 0.594. The van der Waals surface area contributed by atoms with Crippen LogP contribution in [0.2, 0.25) is 0 Å². The highest BCUT2D eigenvalue weighted by atomic mass is 35.5. The van der Waals surface area contributed by atoms with Crippen molar-refractivity contribution < 1.29 is 22.6 Å². The van der Waals surface area contributed by atoms with Gasteiger partial charge in [0.1, 0.15) is 5.75 Å². The minimum atomic E-state index is -3.93. The minimum Gasteiger partial charge on any atom is -0.497 e. The number of nitrogens with zero attached hydrogens (tertiary/aromatic N) is 1. The van der Waals surface area contributed by atoms with E-state index in [1.165, 1.54) is 11.1 Å². The number of halogens is 1. The number of hydrogen-bond acceptors (Lipinski definition) is 5. The van der Waals surface area contributed by atoms with Crippen LogP contribution in [0.15, 0.2) is 51.8 Å². The number of methoxy groups -OCH3 is 2. The summed E-state index contributed by atoms with van der Waals surface area (Å²) < 4.78 is 48.9. The van der Waals surface area contributed by atoms with Gasteiger partial charge in [0.25, 0.3) is 10.0 Å². The van der Waals surface area contributed by atoms with Crippen LogP contribution in [0.5, 0.6) is 5.75 Å². The third kappa shape index (κ3) is 5.30. The number of sulfonamides is 1. The van der Waals surface area contributed by atoms with Gasteiger partial charge in [0.05, 0.1) is 30.6 Å². The molecule has 2 saturated carbocycles. The van der Waals surface area contributed by atoms with Crippen molar-refractivity contribution in [1.29, 1.82) is 0 Å². The van der Waals surface area contributed by atoms with Crippen LogP contribution in [0.1, 0.15) is 74.5 Å². The highest BCUT2D eigenvalue weighted by molar-refractivity contribution is 7.90. The van der Waals surface area contributed by atoms with Gasteiger partial charge in [-0.3, -0.25) is 0 Å². The molecule has 0 radical (unpaired) electrons. The zero-order valence-corrected chi connectivity index (χ0v) is 25.7. The van der Waals surface area contributed by atoms with Crippen molar-refractivity contribution in [1.82, 2.24) is 0 Å². The van der Waals surface area contributed by atoms with Gasteiger partial charge in [-0.05, 0) is 105 Å². The van der Waals surface area contributed by atoms with Crippen LogP contribution >= 0.6 is 11.6 Å². The van der Waals surface area contributed by atoms with E-state index in [1.807, 2.05) is 6.92 Å². The van der Waals surface area contributed by atoms with Gasteiger partial charge in [0.2, 0.25) is 5.90 Å². The predicted molar refractivity (Wildman–Crippen MR) is 159 cm³/mol. The van der Waals surface area contributed by atoms with Crippen molar-refractivity contribution in [2.45, 2.75) is 81.6 Å². The molecule has 3 aliphatic carbocycles. The number of aryl methyl sites for hydroxylation is 2. The Morgan fingerprint density at radius 2 is 1.85 bits per heavy atom. The van der Waals surface area contributed by atoms with Gasteiger partial charge in [-0.2, -0.15) is 8.42 Å². The SMILES string of the molecule is COc1ccc2c(c1)CC[C@@H]1[C@@H]2CC[C@@]2(C)[C@H]1CC[C@]2(C/C(=N\S(=O)(=O)c1ccc(C)cc1)OCCCCl)OC. The molecule has 0 aliphatic heterocycles. The quantitative estimate of drug-likeness (QED) is 0.136. The third-order valence-electron chi connectivity index (χ3n) is 10.1. The lowest BCUT2D eigenvalue weighted by molar-refractivity contribution is -0.123. The molecule has 2 aromatic carbocycles. The Balaban J connectivity index is 1.44. The molecule has 5 rings (SSSR count). The lowest BCUT2D eigenvalue weighted by atomic mass is 9.53. The number of hydrogen-bond donors (Lipinski definition) is 0. The van der Waals surface area contributed by atoms with Crippen LogP contribution in [-0.4, -0.2) is 46.6 Å². The molecule has 2 fully saturated rings. The minimum absolute atomic E-state index is 0.114. The van der Waals surface area contributed by atoms with E-state index in [4.69, 9.17) is 25.8 Å². The van der Waals surface area contributed by atoms with Gasteiger partial charge in [0, 0.05) is 18.4 Å². The second-order valence-corrected chi connectivity index (χ2v) is 14.0. The number of ether oxygens (including phenoxy) is 3. The molecule has 0 bridgehead atoms. The Hall–Kier alpha value is -2.09. The summed E-state index contributed by atoms with van der Waals surface area (Å²) >= 11 is 5.91. The summed E-state index contributed by atoms with van der Waals surface area (Å²) in [5.74, 6) is 3.18. The molecule has 0 saturated heterocycles. The standard InChI is InChI=1S/C32H42ClNO5S/c1-22-6-10-25(11-7-22)40(35,36)34-30(39-19-5-18-33)21-32(38-4)17-15-29-28-12-8-23-20-24(37-3)9-13-26(23)27(28)14-16-31(29,32)2/h6-7,9-11,13,20,27-29H,5,8,12,14-19,21H2,1-4H3/b34-30+/t27-,28-,29+,31+,32-/m1/s1. The molecule has 0 heterocycles. The topological polar surface area (TPSA) is 74.2 Å². The number of benzene rings is 2. The highest BCUT2D eigenvalue weighted by Gasteiger charge is 2.63. The third-order valence-corrected chi connectivity index (χ3v) is 11.7. The summed E-state index contributed by atoms with van der Waals surface area (Å²) in [6, 6.07) is 13.3. The van der Waals surface area contributed by atoms with E-state index >= 15 is 0 Å². The number of alkyl halides is 1. The van der Waals surface area contributed by atoms with Gasteiger partial charge in [-0.15, -0.1) is 16.0 Å². The van der Waals surface area contributed by atoms with Crippen molar-refractivity contribution in [2.75, 3.05) is 26.7 Å². The number of rotatable bonds is 9. The molecule has 0 amide bonds. The van der Waals surface area contributed by atoms with Crippen LogP contribution in [0.3, 0.4) is 0 Å². The van der Waals surface area contributed by atoms with Crippen molar-refractivity contribution in [3.8, 4) is 5.75 Å². The van der Waals surface area contributed by atoms with Crippen LogP contribution in [0.25, 0.3) is 0 Å². The van der Waals surface area contributed by atoms with E-state index in [2.05, 4.69) is 29.5 Å². The molecule has 40 heavy (non-hydrogen) atoms. The first-order valence-corrected chi connectivity index (χ1v) is 16.4. The summed E-state index contributed by atoms with van der Waals surface area (Å²) in [5.41, 5.74) is 3.22. The average molecular weight is 588 g/mol. The van der Waals surface area contributed by atoms with Gasteiger partial charge in [-0.25, -0.2) is 0 Å². The molecule has 0 unspecified atom stereocenters. The fourth-order valence-electron chi connectivity index (χ4n) is 7.97. The molecule has 3 aliphatic rings. The summed E-state index contributed by atoms with van der Waals surface area (Å²) in [7, 11) is -0.435. The summed E-state index contributed by atoms with van der Waals surface area (Å²) in [6.07, 6.45) is 7.15. The van der Waals surface area contributed by atoms with Crippen LogP contribution < -0.4 is 4.74 Å². The van der Waals surface area contributed by atoms with Crippen molar-refractivity contribution in [3.05, 3.63) is 59.2 Å². The maximum Gasteiger partial charge on any atom is 0.285 e. The maximum atomic E-state index is 13.3. The van der Waals surface area contributed by atoms with Crippen molar-refractivity contribution in [2.24, 2.45) is 21.6 Å². The maximum absolute atomic E-state index is 13.3. The van der Waals surface area contributed by atoms with E-state index in [0.29, 0.717) is 43.1 Å². The average Bonchev–Trinajstić information content (AvgIpc) is 3.24. The highest BCUT2D eigenvalue weighted by Crippen LogP contribution is 2.66. The van der Waals surface area contributed by atoms with E-state index in [0.717, 1.165) is 49.8 Å². The van der Waals surface area contributed by atoms with E-state index in [-0.39, 0.29) is 16.2 Å². The molecular weight excluding hydrogens is 546 g/mol. The monoisotopic (exact) mass is 587 g/mol. The van der Waals surface area contributed by atoms with Crippen LogP contribution in [-0.2, 0) is 25.9 Å². The Morgan fingerprint density at radius 3 is 2.55 bits per heavy atom. The molecule has 0 aromatic heterocycles. The molecular formula is C32H42ClNO5S. The van der Waals surface area contributed by atoms with Gasteiger partial charge >= 0.3 is 0 Å². The lowest BCUT2D eigenvalue weighted by Gasteiger charge is -2.54. The van der Waals surface area contributed by atoms with Crippen LogP contribution in [0.4, 0.5) is 0 Å². The lowest BCUT2D eigenvalue weighted by Crippen LogP contribution is -2.53. The molecule has 0 N–H and O–H groups in total. The van der Waals surface area contributed by atoms with E-state index in [1.54, 1.807) is 38.5 Å². The zero-order valence-electron chi connectivity index (χ0n) is 24.1. The molecule has 2 aromatic rings.